The Morgan fingerprint density at radius 2 is 1.79 bits per heavy atom. The Kier molecular flexibility index (Phi) is 7.65. The minimum Gasteiger partial charge on any atom is -0.466 e. The highest BCUT2D eigenvalue weighted by Gasteiger charge is 2.31. The first-order valence-corrected chi connectivity index (χ1v) is 12.3. The lowest BCUT2D eigenvalue weighted by Gasteiger charge is -2.32. The maximum Gasteiger partial charge on any atom is 0.309 e. The van der Waals surface area contributed by atoms with Crippen LogP contribution in [-0.2, 0) is 27.3 Å². The number of hydrogen-bond donors (Lipinski definition) is 0. The highest BCUT2D eigenvalue weighted by molar-refractivity contribution is 5.96. The van der Waals surface area contributed by atoms with Crippen molar-refractivity contribution >= 4 is 17.8 Å². The number of ether oxygens (including phenoxy) is 1. The molecule has 8 heteroatoms. The van der Waals surface area contributed by atoms with Gasteiger partial charge in [0.2, 0.25) is 5.91 Å². The fourth-order valence-electron chi connectivity index (χ4n) is 4.88. The first kappa shape index (κ1) is 24.0. The summed E-state index contributed by atoms with van der Waals surface area (Å²) in [6.45, 7) is 4.01. The summed E-state index contributed by atoms with van der Waals surface area (Å²) in [5, 5.41) is 0. The van der Waals surface area contributed by atoms with Crippen molar-refractivity contribution in [1.29, 1.82) is 0 Å². The number of esters is 1. The Morgan fingerprint density at radius 1 is 1.06 bits per heavy atom. The lowest BCUT2D eigenvalue weighted by atomic mass is 9.97. The molecule has 0 unspecified atom stereocenters. The lowest BCUT2D eigenvalue weighted by molar-refractivity contribution is -0.151. The van der Waals surface area contributed by atoms with Gasteiger partial charge in [0.1, 0.15) is 11.5 Å². The van der Waals surface area contributed by atoms with Crippen molar-refractivity contribution in [3.8, 4) is 11.4 Å². The average Bonchev–Trinajstić information content (AvgIpc) is 3.04. The van der Waals surface area contributed by atoms with E-state index in [0.717, 1.165) is 49.3 Å². The number of imidazole rings is 1. The standard InChI is InChI=1S/C26H34N4O4/c1-3-34-26(33)20-13-16-29(17-14-20)22(31)18-28(2)25(32)23-21-12-8-5-9-15-30(21)24(27-23)19-10-6-4-7-11-19/h4,6-7,10-11,20H,3,5,8-9,12-18H2,1-2H3. The van der Waals surface area contributed by atoms with Crippen LogP contribution in [0.15, 0.2) is 30.3 Å². The number of rotatable bonds is 6. The number of likely N-dealkylation sites (N-methyl/N-ethyl adjacent to an activating group) is 1. The molecule has 0 spiro atoms. The first-order chi connectivity index (χ1) is 16.5. The van der Waals surface area contributed by atoms with E-state index in [2.05, 4.69) is 4.57 Å². The van der Waals surface area contributed by atoms with E-state index in [1.165, 1.54) is 4.90 Å². The minimum atomic E-state index is -0.220. The van der Waals surface area contributed by atoms with E-state index in [1.54, 1.807) is 18.9 Å². The van der Waals surface area contributed by atoms with Crippen molar-refractivity contribution in [3.05, 3.63) is 41.7 Å². The summed E-state index contributed by atoms with van der Waals surface area (Å²) in [6, 6.07) is 9.96. The van der Waals surface area contributed by atoms with Crippen molar-refractivity contribution in [3.63, 3.8) is 0 Å². The smallest absolute Gasteiger partial charge is 0.309 e. The molecule has 2 aromatic rings. The predicted molar refractivity (Wildman–Crippen MR) is 128 cm³/mol. The van der Waals surface area contributed by atoms with Gasteiger partial charge in [0.25, 0.3) is 5.91 Å². The monoisotopic (exact) mass is 466 g/mol. The molecule has 34 heavy (non-hydrogen) atoms. The SMILES string of the molecule is CCOC(=O)C1CCN(C(=O)CN(C)C(=O)c2nc(-c3ccccc3)n3c2CCCCC3)CC1. The van der Waals surface area contributed by atoms with Gasteiger partial charge in [0.15, 0.2) is 0 Å². The van der Waals surface area contributed by atoms with Gasteiger partial charge < -0.3 is 19.1 Å². The number of carbonyl (C=O) groups is 3. The van der Waals surface area contributed by atoms with Crippen LogP contribution in [0.3, 0.4) is 0 Å². The van der Waals surface area contributed by atoms with Crippen LogP contribution in [0.5, 0.6) is 0 Å². The Balaban J connectivity index is 1.45. The van der Waals surface area contributed by atoms with Crippen LogP contribution in [0.2, 0.25) is 0 Å². The second kappa shape index (κ2) is 10.8. The molecular weight excluding hydrogens is 432 g/mol. The molecule has 2 amide bonds. The average molecular weight is 467 g/mol. The Bertz CT molecular complexity index is 1020. The van der Waals surface area contributed by atoms with Gasteiger partial charge in [-0.1, -0.05) is 36.8 Å². The molecule has 8 nitrogen and oxygen atoms in total. The third kappa shape index (κ3) is 5.16. The molecule has 1 fully saturated rings. The number of carbonyl (C=O) groups excluding carboxylic acids is 3. The molecule has 0 atom stereocenters. The minimum absolute atomic E-state index is 0.00409. The van der Waals surface area contributed by atoms with Crippen LogP contribution in [0, 0.1) is 5.92 Å². The van der Waals surface area contributed by atoms with E-state index < -0.39 is 0 Å². The molecule has 0 aliphatic carbocycles. The summed E-state index contributed by atoms with van der Waals surface area (Å²) in [6.07, 6.45) is 5.21. The molecule has 0 N–H and O–H groups in total. The number of nitrogens with zero attached hydrogens (tertiary/aromatic N) is 4. The number of likely N-dealkylation sites (tertiary alicyclic amines) is 1. The van der Waals surface area contributed by atoms with Crippen LogP contribution < -0.4 is 0 Å². The fraction of sp³-hybridized carbons (Fsp3) is 0.538. The number of fused-ring (bicyclic) bond motifs is 1. The van der Waals surface area contributed by atoms with Gasteiger partial charge >= 0.3 is 5.97 Å². The quantitative estimate of drug-likeness (QED) is 0.611. The van der Waals surface area contributed by atoms with Gasteiger partial charge in [-0.2, -0.15) is 0 Å². The van der Waals surface area contributed by atoms with Gasteiger partial charge in [-0.15, -0.1) is 0 Å². The van der Waals surface area contributed by atoms with Gasteiger partial charge in [0.05, 0.1) is 24.8 Å². The highest BCUT2D eigenvalue weighted by Crippen LogP contribution is 2.28. The molecule has 1 aromatic heterocycles. The van der Waals surface area contributed by atoms with E-state index in [9.17, 15) is 14.4 Å². The largest absolute Gasteiger partial charge is 0.466 e. The van der Waals surface area contributed by atoms with Crippen LogP contribution >= 0.6 is 0 Å². The van der Waals surface area contributed by atoms with Crippen LogP contribution in [0.25, 0.3) is 11.4 Å². The third-order valence-corrected chi connectivity index (χ3v) is 6.79. The Hall–Kier alpha value is -3.16. The molecule has 3 heterocycles. The van der Waals surface area contributed by atoms with E-state index in [0.29, 0.717) is 38.2 Å². The number of piperidine rings is 1. The molecule has 2 aliphatic heterocycles. The maximum absolute atomic E-state index is 13.4. The van der Waals surface area contributed by atoms with Gasteiger partial charge in [-0.3, -0.25) is 14.4 Å². The predicted octanol–water partition coefficient (Wildman–Crippen LogP) is 3.15. The molecule has 182 valence electrons. The second-order valence-corrected chi connectivity index (χ2v) is 9.13. The fourth-order valence-corrected chi connectivity index (χ4v) is 4.88. The summed E-state index contributed by atoms with van der Waals surface area (Å²) in [5.41, 5.74) is 2.42. The van der Waals surface area contributed by atoms with E-state index in [-0.39, 0.29) is 30.2 Å². The molecule has 1 aromatic carbocycles. The lowest BCUT2D eigenvalue weighted by Crippen LogP contribution is -2.45. The van der Waals surface area contributed by atoms with E-state index in [1.807, 2.05) is 30.3 Å². The zero-order chi connectivity index (χ0) is 24.1. The maximum atomic E-state index is 13.4. The second-order valence-electron chi connectivity index (χ2n) is 9.13. The van der Waals surface area contributed by atoms with Crippen molar-refractivity contribution in [2.45, 2.75) is 52.0 Å². The van der Waals surface area contributed by atoms with Crippen molar-refractivity contribution < 1.29 is 19.1 Å². The number of hydrogen-bond acceptors (Lipinski definition) is 5. The van der Waals surface area contributed by atoms with E-state index in [4.69, 9.17) is 9.72 Å². The number of aromatic nitrogens is 2. The molecule has 1 saturated heterocycles. The summed E-state index contributed by atoms with van der Waals surface area (Å²) < 4.78 is 7.29. The molecule has 0 radical (unpaired) electrons. The number of benzene rings is 1. The molecule has 0 saturated carbocycles. The third-order valence-electron chi connectivity index (χ3n) is 6.79. The molecule has 4 rings (SSSR count). The highest BCUT2D eigenvalue weighted by atomic mass is 16.5. The Morgan fingerprint density at radius 3 is 2.50 bits per heavy atom. The van der Waals surface area contributed by atoms with Crippen LogP contribution in [0.1, 0.15) is 55.2 Å². The number of amides is 2. The summed E-state index contributed by atoms with van der Waals surface area (Å²) >= 11 is 0. The van der Waals surface area contributed by atoms with Crippen molar-refractivity contribution in [2.75, 3.05) is 33.3 Å². The molecular formula is C26H34N4O4. The van der Waals surface area contributed by atoms with Gasteiger partial charge in [-0.25, -0.2) is 4.98 Å². The van der Waals surface area contributed by atoms with Crippen LogP contribution in [0.4, 0.5) is 0 Å². The summed E-state index contributed by atoms with van der Waals surface area (Å²) in [5.74, 6) is 0.160. The van der Waals surface area contributed by atoms with Gasteiger partial charge in [-0.05, 0) is 39.0 Å². The zero-order valence-corrected chi connectivity index (χ0v) is 20.2. The summed E-state index contributed by atoms with van der Waals surface area (Å²) in [4.78, 5) is 46.3. The zero-order valence-electron chi connectivity index (χ0n) is 20.2. The normalized spacial score (nSPS) is 16.5. The van der Waals surface area contributed by atoms with Gasteiger partial charge in [0, 0.05) is 32.2 Å². The van der Waals surface area contributed by atoms with Crippen molar-refractivity contribution in [1.82, 2.24) is 19.4 Å². The molecule has 2 aliphatic rings. The topological polar surface area (TPSA) is 84.7 Å². The first-order valence-electron chi connectivity index (χ1n) is 12.3. The summed E-state index contributed by atoms with van der Waals surface area (Å²) in [7, 11) is 1.66. The molecule has 0 bridgehead atoms. The van der Waals surface area contributed by atoms with E-state index >= 15 is 0 Å². The van der Waals surface area contributed by atoms with Crippen molar-refractivity contribution in [2.24, 2.45) is 5.92 Å². The Labute approximate surface area is 200 Å². The van der Waals surface area contributed by atoms with Crippen LogP contribution in [-0.4, -0.2) is 70.4 Å².